The number of hydrogen-bond donors (Lipinski definition) is 1. The van der Waals surface area contributed by atoms with Crippen LogP contribution in [-0.4, -0.2) is 97.7 Å². The molecule has 10 nitrogen and oxygen atoms in total. The molecule has 3 heterocycles. The van der Waals surface area contributed by atoms with E-state index in [1.807, 2.05) is 42.1 Å². The van der Waals surface area contributed by atoms with Crippen LogP contribution in [0.4, 0.5) is 0 Å². The molecule has 11 heteroatoms. The minimum atomic E-state index is -0.242. The standard InChI is InChI=1S/C23H39N7O3S/c1-5-30-18(15-29-10-8-6-7-9-20(29)32)25-26-22(30)34-17-21(33)28-13-11-27(12-14-28)16-19(31)24-23(2,3)4/h5-17H2,1-4H3,(H,24,31). The van der Waals surface area contributed by atoms with Gasteiger partial charge in [0.15, 0.2) is 11.0 Å². The van der Waals surface area contributed by atoms with Crippen molar-refractivity contribution in [3.8, 4) is 0 Å². The van der Waals surface area contributed by atoms with Gasteiger partial charge >= 0.3 is 0 Å². The molecule has 2 aliphatic heterocycles. The maximum Gasteiger partial charge on any atom is 0.234 e. The summed E-state index contributed by atoms with van der Waals surface area (Å²) in [6.07, 6.45) is 3.67. The van der Waals surface area contributed by atoms with Crippen molar-refractivity contribution in [2.45, 2.75) is 77.2 Å². The van der Waals surface area contributed by atoms with Gasteiger partial charge < -0.3 is 19.7 Å². The van der Waals surface area contributed by atoms with Gasteiger partial charge in [0.1, 0.15) is 0 Å². The van der Waals surface area contributed by atoms with Crippen molar-refractivity contribution >= 4 is 29.5 Å². The average Bonchev–Trinajstić information content (AvgIpc) is 3.04. The Hall–Kier alpha value is -2.14. The zero-order chi connectivity index (χ0) is 24.7. The molecule has 3 amide bonds. The van der Waals surface area contributed by atoms with Gasteiger partial charge in [0.2, 0.25) is 17.7 Å². The van der Waals surface area contributed by atoms with Crippen molar-refractivity contribution in [1.82, 2.24) is 34.8 Å². The summed E-state index contributed by atoms with van der Waals surface area (Å²) in [6.45, 7) is 12.8. The van der Waals surface area contributed by atoms with Gasteiger partial charge in [0, 0.05) is 51.2 Å². The van der Waals surface area contributed by atoms with Gasteiger partial charge in [-0.1, -0.05) is 18.2 Å². The lowest BCUT2D eigenvalue weighted by atomic mass is 10.1. The molecule has 1 aromatic rings. The highest BCUT2D eigenvalue weighted by molar-refractivity contribution is 7.99. The van der Waals surface area contributed by atoms with E-state index in [0.29, 0.717) is 63.1 Å². The molecule has 2 fully saturated rings. The third kappa shape index (κ3) is 7.69. The van der Waals surface area contributed by atoms with Crippen LogP contribution >= 0.6 is 11.8 Å². The summed E-state index contributed by atoms with van der Waals surface area (Å²) < 4.78 is 2.00. The summed E-state index contributed by atoms with van der Waals surface area (Å²) >= 11 is 1.40. The smallest absolute Gasteiger partial charge is 0.234 e. The first-order chi connectivity index (χ1) is 16.2. The van der Waals surface area contributed by atoms with Gasteiger partial charge in [0.05, 0.1) is 18.8 Å². The van der Waals surface area contributed by atoms with Crippen LogP contribution in [0, 0.1) is 0 Å². The molecule has 0 radical (unpaired) electrons. The molecular formula is C23H39N7O3S. The second kappa shape index (κ2) is 12.0. The molecule has 0 bridgehead atoms. The number of rotatable bonds is 8. The molecule has 1 N–H and O–H groups in total. The Morgan fingerprint density at radius 1 is 1.03 bits per heavy atom. The summed E-state index contributed by atoms with van der Waals surface area (Å²) in [5.74, 6) is 1.33. The second-order valence-electron chi connectivity index (χ2n) is 10.0. The summed E-state index contributed by atoms with van der Waals surface area (Å²) in [5.41, 5.74) is -0.242. The molecule has 190 valence electrons. The fourth-order valence-electron chi connectivity index (χ4n) is 4.27. The number of likely N-dealkylation sites (tertiary alicyclic amines) is 1. The minimum Gasteiger partial charge on any atom is -0.350 e. The first-order valence-electron chi connectivity index (χ1n) is 12.3. The average molecular weight is 494 g/mol. The van der Waals surface area contributed by atoms with Crippen LogP contribution in [0.2, 0.25) is 0 Å². The van der Waals surface area contributed by atoms with E-state index in [-0.39, 0.29) is 23.3 Å². The van der Waals surface area contributed by atoms with Gasteiger partial charge in [-0.25, -0.2) is 0 Å². The van der Waals surface area contributed by atoms with E-state index in [2.05, 4.69) is 20.4 Å². The van der Waals surface area contributed by atoms with Gasteiger partial charge in [0.25, 0.3) is 0 Å². The maximum absolute atomic E-state index is 12.8. The highest BCUT2D eigenvalue weighted by atomic mass is 32.2. The number of carbonyl (C=O) groups is 3. The Labute approximate surface area is 206 Å². The normalized spacial score (nSPS) is 18.2. The summed E-state index contributed by atoms with van der Waals surface area (Å²) in [4.78, 5) is 43.1. The number of aromatic nitrogens is 3. The first kappa shape index (κ1) is 26.5. The Morgan fingerprint density at radius 2 is 1.76 bits per heavy atom. The first-order valence-corrected chi connectivity index (χ1v) is 13.3. The van der Waals surface area contributed by atoms with E-state index in [0.717, 1.165) is 31.6 Å². The molecule has 0 unspecified atom stereocenters. The van der Waals surface area contributed by atoms with Crippen LogP contribution in [-0.2, 0) is 27.5 Å². The zero-order valence-electron chi connectivity index (χ0n) is 21.0. The predicted octanol–water partition coefficient (Wildman–Crippen LogP) is 1.35. The van der Waals surface area contributed by atoms with E-state index >= 15 is 0 Å². The lowest BCUT2D eigenvalue weighted by Gasteiger charge is -2.34. The molecule has 0 spiro atoms. The number of nitrogens with one attached hydrogen (secondary N) is 1. The third-order valence-corrected chi connectivity index (χ3v) is 7.00. The summed E-state index contributed by atoms with van der Waals surface area (Å²) in [5, 5.41) is 12.3. The largest absolute Gasteiger partial charge is 0.350 e. The molecule has 3 rings (SSSR count). The second-order valence-corrected chi connectivity index (χ2v) is 11.0. The lowest BCUT2D eigenvalue weighted by molar-refractivity contribution is -0.132. The van der Waals surface area contributed by atoms with E-state index < -0.39 is 0 Å². The van der Waals surface area contributed by atoms with Crippen molar-refractivity contribution in [2.75, 3.05) is 45.0 Å². The van der Waals surface area contributed by atoms with Crippen molar-refractivity contribution < 1.29 is 14.4 Å². The number of amides is 3. The fraction of sp³-hybridized carbons (Fsp3) is 0.783. The molecule has 1 aromatic heterocycles. The molecular weight excluding hydrogens is 454 g/mol. The number of piperazine rings is 1. The van der Waals surface area contributed by atoms with Crippen molar-refractivity contribution in [1.29, 1.82) is 0 Å². The topological polar surface area (TPSA) is 104 Å². The Morgan fingerprint density at radius 3 is 2.44 bits per heavy atom. The summed E-state index contributed by atoms with van der Waals surface area (Å²) in [6, 6.07) is 0. The van der Waals surface area contributed by atoms with Crippen LogP contribution in [0.3, 0.4) is 0 Å². The Kier molecular flexibility index (Phi) is 9.35. The van der Waals surface area contributed by atoms with Gasteiger partial charge in [-0.3, -0.25) is 19.3 Å². The SMILES string of the molecule is CCn1c(CN2CCCCCC2=O)nnc1SCC(=O)N1CCN(CC(=O)NC(C)(C)C)CC1. The van der Waals surface area contributed by atoms with Crippen molar-refractivity contribution in [2.24, 2.45) is 0 Å². The van der Waals surface area contributed by atoms with Gasteiger partial charge in [-0.2, -0.15) is 0 Å². The fourth-order valence-corrected chi connectivity index (χ4v) is 5.19. The minimum absolute atomic E-state index is 0.0133. The van der Waals surface area contributed by atoms with Crippen LogP contribution in [0.15, 0.2) is 5.16 Å². The maximum atomic E-state index is 12.8. The highest BCUT2D eigenvalue weighted by Gasteiger charge is 2.25. The van der Waals surface area contributed by atoms with E-state index in [4.69, 9.17) is 0 Å². The van der Waals surface area contributed by atoms with Gasteiger partial charge in [-0.05, 0) is 40.5 Å². The number of carbonyl (C=O) groups excluding carboxylic acids is 3. The van der Waals surface area contributed by atoms with E-state index in [9.17, 15) is 14.4 Å². The van der Waals surface area contributed by atoms with Crippen LogP contribution in [0.25, 0.3) is 0 Å². The van der Waals surface area contributed by atoms with Gasteiger partial charge in [-0.15, -0.1) is 10.2 Å². The Balaban J connectivity index is 1.47. The molecule has 34 heavy (non-hydrogen) atoms. The van der Waals surface area contributed by atoms with Crippen molar-refractivity contribution in [3.63, 3.8) is 0 Å². The molecule has 0 aromatic carbocycles. The third-order valence-electron chi connectivity index (χ3n) is 6.04. The zero-order valence-corrected chi connectivity index (χ0v) is 21.8. The Bertz CT molecular complexity index is 859. The molecule has 2 saturated heterocycles. The predicted molar refractivity (Wildman–Crippen MR) is 131 cm³/mol. The summed E-state index contributed by atoms with van der Waals surface area (Å²) in [7, 11) is 0. The van der Waals surface area contributed by atoms with E-state index in [1.165, 1.54) is 11.8 Å². The molecule has 2 aliphatic rings. The van der Waals surface area contributed by atoms with Crippen LogP contribution in [0.1, 0.15) is 59.2 Å². The number of nitrogens with zero attached hydrogens (tertiary/aromatic N) is 6. The molecule has 0 saturated carbocycles. The highest BCUT2D eigenvalue weighted by Crippen LogP contribution is 2.20. The quantitative estimate of drug-likeness (QED) is 0.545. The van der Waals surface area contributed by atoms with Crippen LogP contribution < -0.4 is 5.32 Å². The number of hydrogen-bond acceptors (Lipinski definition) is 7. The lowest BCUT2D eigenvalue weighted by Crippen LogP contribution is -2.53. The number of thioether (sulfide) groups is 1. The molecule has 0 aliphatic carbocycles. The van der Waals surface area contributed by atoms with Crippen LogP contribution in [0.5, 0.6) is 0 Å². The molecule has 0 atom stereocenters. The van der Waals surface area contributed by atoms with Crippen molar-refractivity contribution in [3.05, 3.63) is 5.82 Å². The monoisotopic (exact) mass is 493 g/mol. The van der Waals surface area contributed by atoms with E-state index in [1.54, 1.807) is 0 Å².